The van der Waals surface area contributed by atoms with Crippen LogP contribution in [0.3, 0.4) is 0 Å². The van der Waals surface area contributed by atoms with Crippen LogP contribution < -0.4 is 23.8 Å². The maximum Gasteiger partial charge on any atom is 0.232 e. The van der Waals surface area contributed by atoms with Gasteiger partial charge in [-0.05, 0) is 32.0 Å². The molecule has 1 atom stereocenters. The molecule has 1 aliphatic rings. The molecule has 3 aromatic rings. The maximum atomic E-state index is 12.8. The molecule has 0 spiro atoms. The van der Waals surface area contributed by atoms with Gasteiger partial charge in [0, 0.05) is 36.7 Å². The largest absolute Gasteiger partial charge is 0.497 e. The highest BCUT2D eigenvalue weighted by atomic mass is 16.5. The van der Waals surface area contributed by atoms with Crippen molar-refractivity contribution in [1.29, 1.82) is 0 Å². The quantitative estimate of drug-likeness (QED) is 0.504. The van der Waals surface area contributed by atoms with Gasteiger partial charge in [0.2, 0.25) is 17.6 Å². The van der Waals surface area contributed by atoms with Gasteiger partial charge in [-0.25, -0.2) is 0 Å². The fraction of sp³-hybridized carbons (Fsp3) is 0.375. The zero-order chi connectivity index (χ0) is 23.5. The highest BCUT2D eigenvalue weighted by Gasteiger charge is 2.35. The van der Waals surface area contributed by atoms with E-state index in [1.165, 1.54) is 0 Å². The number of hydrogen-bond donors (Lipinski definition) is 0. The van der Waals surface area contributed by atoms with Crippen molar-refractivity contribution in [3.63, 3.8) is 0 Å². The lowest BCUT2D eigenvalue weighted by Gasteiger charge is -2.18. The number of hydrogen-bond acceptors (Lipinski definition) is 8. The molecular weight excluding hydrogens is 426 g/mol. The van der Waals surface area contributed by atoms with E-state index in [0.29, 0.717) is 46.9 Å². The highest BCUT2D eigenvalue weighted by Crippen LogP contribution is 2.36. The van der Waals surface area contributed by atoms with Crippen LogP contribution in [0.25, 0.3) is 11.4 Å². The molecule has 0 saturated carbocycles. The third kappa shape index (κ3) is 4.72. The molecule has 33 heavy (non-hydrogen) atoms. The molecule has 9 heteroatoms. The molecule has 0 aliphatic carbocycles. The monoisotopic (exact) mass is 453 g/mol. The average Bonchev–Trinajstić information content (AvgIpc) is 3.45. The molecule has 174 valence electrons. The van der Waals surface area contributed by atoms with Crippen LogP contribution in [0.15, 0.2) is 40.9 Å². The van der Waals surface area contributed by atoms with Crippen LogP contribution in [0.5, 0.6) is 23.0 Å². The summed E-state index contributed by atoms with van der Waals surface area (Å²) in [5.41, 5.74) is 1.43. The molecule has 1 amide bonds. The second kappa shape index (κ2) is 9.40. The molecule has 1 aliphatic heterocycles. The molecule has 1 unspecified atom stereocenters. The molecule has 2 heterocycles. The number of nitrogens with zero attached hydrogens (tertiary/aromatic N) is 3. The van der Waals surface area contributed by atoms with Gasteiger partial charge in [0.1, 0.15) is 11.5 Å². The summed E-state index contributed by atoms with van der Waals surface area (Å²) in [4.78, 5) is 19.0. The van der Waals surface area contributed by atoms with Crippen molar-refractivity contribution >= 4 is 11.6 Å². The van der Waals surface area contributed by atoms with Gasteiger partial charge >= 0.3 is 0 Å². The molecule has 0 bridgehead atoms. The summed E-state index contributed by atoms with van der Waals surface area (Å²) in [5.74, 6) is 3.03. The third-order valence-electron chi connectivity index (χ3n) is 5.35. The van der Waals surface area contributed by atoms with Gasteiger partial charge in [-0.15, -0.1) is 0 Å². The van der Waals surface area contributed by atoms with Crippen molar-refractivity contribution in [3.8, 4) is 34.4 Å². The Bertz CT molecular complexity index is 1120. The maximum absolute atomic E-state index is 12.8. The first-order valence-electron chi connectivity index (χ1n) is 10.6. The molecule has 1 aromatic heterocycles. The van der Waals surface area contributed by atoms with Gasteiger partial charge in [0.15, 0.2) is 11.5 Å². The molecule has 0 N–H and O–H groups in total. The van der Waals surface area contributed by atoms with E-state index >= 15 is 0 Å². The van der Waals surface area contributed by atoms with E-state index in [0.717, 1.165) is 5.56 Å². The number of amides is 1. The fourth-order valence-corrected chi connectivity index (χ4v) is 3.75. The minimum atomic E-state index is -0.221. The van der Waals surface area contributed by atoms with E-state index in [1.54, 1.807) is 50.5 Å². The van der Waals surface area contributed by atoms with Gasteiger partial charge in [-0.3, -0.25) is 4.79 Å². The summed E-state index contributed by atoms with van der Waals surface area (Å²) >= 11 is 0. The van der Waals surface area contributed by atoms with Crippen LogP contribution in [-0.4, -0.2) is 50.0 Å². The Hall–Kier alpha value is -3.75. The lowest BCUT2D eigenvalue weighted by Crippen LogP contribution is -2.24. The Labute approximate surface area is 192 Å². The first-order chi connectivity index (χ1) is 15.9. The second-order valence-corrected chi connectivity index (χ2v) is 7.96. The number of aromatic nitrogens is 2. The van der Waals surface area contributed by atoms with E-state index in [9.17, 15) is 4.79 Å². The van der Waals surface area contributed by atoms with E-state index in [4.69, 9.17) is 23.5 Å². The van der Waals surface area contributed by atoms with Crippen molar-refractivity contribution < 1.29 is 28.3 Å². The van der Waals surface area contributed by atoms with E-state index < -0.39 is 0 Å². The zero-order valence-corrected chi connectivity index (χ0v) is 19.3. The summed E-state index contributed by atoms with van der Waals surface area (Å²) in [6.07, 6.45) is 0.292. The topological polar surface area (TPSA) is 96.2 Å². The van der Waals surface area contributed by atoms with Gasteiger partial charge < -0.3 is 28.4 Å². The molecule has 9 nitrogen and oxygen atoms in total. The summed E-state index contributed by atoms with van der Waals surface area (Å²) in [7, 11) is 4.73. The first-order valence-corrected chi connectivity index (χ1v) is 10.6. The van der Waals surface area contributed by atoms with Crippen LogP contribution in [0.1, 0.15) is 32.1 Å². The average molecular weight is 453 g/mol. The van der Waals surface area contributed by atoms with Crippen molar-refractivity contribution in [2.45, 2.75) is 32.3 Å². The van der Waals surface area contributed by atoms with E-state index in [1.807, 2.05) is 26.0 Å². The SMILES string of the molecule is COc1cc(OC)cc(N2CC(c3nc(-c4ccc(OC(C)C)c(OC)c4)no3)CC2=O)c1. The number of rotatable bonds is 8. The summed E-state index contributed by atoms with van der Waals surface area (Å²) in [6.45, 7) is 4.32. The Morgan fingerprint density at radius 1 is 1.00 bits per heavy atom. The summed E-state index contributed by atoms with van der Waals surface area (Å²) < 4.78 is 27.4. The third-order valence-corrected chi connectivity index (χ3v) is 5.35. The molecule has 2 aromatic carbocycles. The van der Waals surface area contributed by atoms with Gasteiger partial charge in [0.25, 0.3) is 0 Å². The fourth-order valence-electron chi connectivity index (χ4n) is 3.75. The molecule has 1 saturated heterocycles. The summed E-state index contributed by atoms with van der Waals surface area (Å²) in [5, 5.41) is 4.12. The van der Waals surface area contributed by atoms with Crippen molar-refractivity contribution in [2.24, 2.45) is 0 Å². The Morgan fingerprint density at radius 3 is 2.36 bits per heavy atom. The van der Waals surface area contributed by atoms with Gasteiger partial charge in [-0.1, -0.05) is 5.16 Å². The molecule has 4 rings (SSSR count). The number of methoxy groups -OCH3 is 3. The molecule has 1 fully saturated rings. The Balaban J connectivity index is 1.55. The normalized spacial score (nSPS) is 15.8. The minimum Gasteiger partial charge on any atom is -0.497 e. The van der Waals surface area contributed by atoms with Gasteiger partial charge in [-0.2, -0.15) is 4.98 Å². The van der Waals surface area contributed by atoms with Crippen molar-refractivity contribution in [3.05, 3.63) is 42.3 Å². The van der Waals surface area contributed by atoms with Crippen LogP contribution in [-0.2, 0) is 4.79 Å². The Kier molecular flexibility index (Phi) is 6.39. The minimum absolute atomic E-state index is 0.0222. The smallest absolute Gasteiger partial charge is 0.232 e. The van der Waals surface area contributed by atoms with Crippen molar-refractivity contribution in [1.82, 2.24) is 10.1 Å². The first kappa shape index (κ1) is 22.4. The second-order valence-electron chi connectivity index (χ2n) is 7.96. The van der Waals surface area contributed by atoms with E-state index in [-0.39, 0.29) is 24.3 Å². The van der Waals surface area contributed by atoms with Crippen LogP contribution in [0.2, 0.25) is 0 Å². The lowest BCUT2D eigenvalue weighted by molar-refractivity contribution is -0.117. The van der Waals surface area contributed by atoms with Crippen LogP contribution in [0.4, 0.5) is 5.69 Å². The van der Waals surface area contributed by atoms with Crippen molar-refractivity contribution in [2.75, 3.05) is 32.8 Å². The Morgan fingerprint density at radius 2 is 1.73 bits per heavy atom. The zero-order valence-electron chi connectivity index (χ0n) is 19.3. The lowest BCUT2D eigenvalue weighted by atomic mass is 10.1. The number of benzene rings is 2. The predicted molar refractivity (Wildman–Crippen MR) is 121 cm³/mol. The number of carbonyl (C=O) groups is 1. The van der Waals surface area contributed by atoms with Crippen LogP contribution >= 0.6 is 0 Å². The van der Waals surface area contributed by atoms with Gasteiger partial charge in [0.05, 0.1) is 39.0 Å². The molecule has 0 radical (unpaired) electrons. The van der Waals surface area contributed by atoms with Crippen LogP contribution in [0, 0.1) is 0 Å². The number of ether oxygens (including phenoxy) is 4. The number of carbonyl (C=O) groups excluding carboxylic acids is 1. The highest BCUT2D eigenvalue weighted by molar-refractivity contribution is 5.96. The predicted octanol–water partition coefficient (Wildman–Crippen LogP) is 4.07. The van der Waals surface area contributed by atoms with E-state index in [2.05, 4.69) is 10.1 Å². The molecular formula is C24H27N3O6. The standard InChI is InChI=1S/C24H27N3O6/c1-14(2)32-20-7-6-15(8-21(20)31-5)23-25-24(33-26-23)16-9-22(28)27(13-16)17-10-18(29-3)12-19(11-17)30-4/h6-8,10-12,14,16H,9,13H2,1-5H3. The summed E-state index contributed by atoms with van der Waals surface area (Å²) in [6, 6.07) is 10.8. The number of anilines is 1.